The molecule has 2 rings (SSSR count). The number of aryl methyl sites for hydroxylation is 1. The molecule has 0 unspecified atom stereocenters. The minimum atomic E-state index is 0.109. The van der Waals surface area contributed by atoms with E-state index < -0.39 is 0 Å². The Labute approximate surface area is 113 Å². The molecule has 1 fully saturated rings. The Hall–Kier alpha value is -0.900. The average Bonchev–Trinajstić information content (AvgIpc) is 3.08. The van der Waals surface area contributed by atoms with Crippen LogP contribution in [0, 0.1) is 18.8 Å². The summed E-state index contributed by atoms with van der Waals surface area (Å²) >= 11 is 1.67. The van der Waals surface area contributed by atoms with Gasteiger partial charge in [0.05, 0.1) is 6.04 Å². The zero-order valence-corrected chi connectivity index (χ0v) is 12.2. The summed E-state index contributed by atoms with van der Waals surface area (Å²) in [5, 5.41) is 6.34. The Morgan fingerprint density at radius 3 is 2.83 bits per heavy atom. The fourth-order valence-corrected chi connectivity index (χ4v) is 3.12. The molecule has 4 heteroatoms. The number of amides is 1. The first-order chi connectivity index (χ1) is 8.61. The molecule has 100 valence electrons. The summed E-state index contributed by atoms with van der Waals surface area (Å²) in [6, 6.07) is 0.149. The van der Waals surface area contributed by atoms with Crippen LogP contribution in [0.15, 0.2) is 5.38 Å². The van der Waals surface area contributed by atoms with Crippen molar-refractivity contribution in [3.05, 3.63) is 16.1 Å². The summed E-state index contributed by atoms with van der Waals surface area (Å²) in [7, 11) is 0. The van der Waals surface area contributed by atoms with Crippen molar-refractivity contribution < 1.29 is 4.79 Å². The number of nitrogens with zero attached hydrogens (tertiary/aromatic N) is 1. The summed E-state index contributed by atoms with van der Waals surface area (Å²) in [5.74, 6) is 0.896. The lowest BCUT2D eigenvalue weighted by atomic mass is 10.0. The quantitative estimate of drug-likeness (QED) is 0.857. The van der Waals surface area contributed by atoms with Crippen molar-refractivity contribution >= 4 is 17.2 Å². The molecular weight excluding hydrogens is 244 g/mol. The predicted octanol–water partition coefficient (Wildman–Crippen LogP) is 3.46. The summed E-state index contributed by atoms with van der Waals surface area (Å²) < 4.78 is 0. The van der Waals surface area contributed by atoms with Crippen molar-refractivity contribution in [3.8, 4) is 0 Å². The first-order valence-electron chi connectivity index (χ1n) is 6.84. The van der Waals surface area contributed by atoms with Crippen molar-refractivity contribution in [2.24, 2.45) is 11.8 Å². The van der Waals surface area contributed by atoms with Gasteiger partial charge in [-0.3, -0.25) is 4.79 Å². The second-order valence-corrected chi connectivity index (χ2v) is 6.23. The van der Waals surface area contributed by atoms with Crippen LogP contribution in [0.3, 0.4) is 0 Å². The molecule has 0 aromatic carbocycles. The van der Waals surface area contributed by atoms with E-state index in [0.29, 0.717) is 5.92 Å². The highest BCUT2D eigenvalue weighted by atomic mass is 32.1. The number of rotatable bonds is 6. The van der Waals surface area contributed by atoms with E-state index in [1.54, 1.807) is 11.3 Å². The Kier molecular flexibility index (Phi) is 4.38. The number of hydrogen-bond donors (Lipinski definition) is 1. The van der Waals surface area contributed by atoms with Crippen molar-refractivity contribution in [3.63, 3.8) is 0 Å². The van der Waals surface area contributed by atoms with Gasteiger partial charge in [0.15, 0.2) is 0 Å². The molecule has 1 aliphatic rings. The van der Waals surface area contributed by atoms with Gasteiger partial charge in [-0.1, -0.05) is 20.3 Å². The monoisotopic (exact) mass is 266 g/mol. The van der Waals surface area contributed by atoms with Gasteiger partial charge in [0.1, 0.15) is 5.01 Å². The van der Waals surface area contributed by atoms with E-state index in [1.165, 1.54) is 12.8 Å². The Morgan fingerprint density at radius 1 is 1.61 bits per heavy atom. The fourth-order valence-electron chi connectivity index (χ4n) is 2.19. The highest BCUT2D eigenvalue weighted by Gasteiger charge is 2.35. The maximum Gasteiger partial charge on any atom is 0.223 e. The fraction of sp³-hybridized carbons (Fsp3) is 0.714. The zero-order chi connectivity index (χ0) is 13.1. The Balaban J connectivity index is 2.01. The van der Waals surface area contributed by atoms with E-state index in [0.717, 1.165) is 23.5 Å². The normalized spacial score (nSPS) is 18.4. The Bertz CT molecular complexity index is 412. The van der Waals surface area contributed by atoms with Gasteiger partial charge in [-0.2, -0.15) is 0 Å². The molecule has 0 radical (unpaired) electrons. The largest absolute Gasteiger partial charge is 0.346 e. The van der Waals surface area contributed by atoms with Crippen LogP contribution in [0.1, 0.15) is 56.3 Å². The lowest BCUT2D eigenvalue weighted by molar-refractivity contribution is -0.125. The molecular formula is C14H22N2OS. The maximum absolute atomic E-state index is 12.1. The third kappa shape index (κ3) is 3.31. The number of hydrogen-bond acceptors (Lipinski definition) is 3. The molecule has 1 aliphatic carbocycles. The van der Waals surface area contributed by atoms with Crippen LogP contribution in [0.5, 0.6) is 0 Å². The van der Waals surface area contributed by atoms with Gasteiger partial charge < -0.3 is 5.32 Å². The lowest BCUT2D eigenvalue weighted by Crippen LogP contribution is -2.34. The molecule has 0 bridgehead atoms. The molecule has 1 saturated carbocycles. The molecule has 1 aromatic heterocycles. The smallest absolute Gasteiger partial charge is 0.223 e. The molecule has 0 aliphatic heterocycles. The SMILES string of the molecule is CCC[C@@H](C)C(=O)N[C@H](c1nc(C)cs1)C1CC1. The molecule has 2 atom stereocenters. The third-order valence-electron chi connectivity index (χ3n) is 3.46. The van der Waals surface area contributed by atoms with Gasteiger partial charge in [0.2, 0.25) is 5.91 Å². The summed E-state index contributed by atoms with van der Waals surface area (Å²) in [6.45, 7) is 6.13. The van der Waals surface area contributed by atoms with Gasteiger partial charge in [0, 0.05) is 17.0 Å². The summed E-state index contributed by atoms with van der Waals surface area (Å²) in [5.41, 5.74) is 1.05. The molecule has 1 amide bonds. The molecule has 0 saturated heterocycles. The van der Waals surface area contributed by atoms with Gasteiger partial charge in [-0.05, 0) is 32.1 Å². The molecule has 3 nitrogen and oxygen atoms in total. The molecule has 0 spiro atoms. The van der Waals surface area contributed by atoms with E-state index >= 15 is 0 Å². The molecule has 1 heterocycles. The minimum absolute atomic E-state index is 0.109. The van der Waals surface area contributed by atoms with E-state index in [9.17, 15) is 4.79 Å². The number of carbonyl (C=O) groups excluding carboxylic acids is 1. The highest BCUT2D eigenvalue weighted by Crippen LogP contribution is 2.42. The van der Waals surface area contributed by atoms with Crippen molar-refractivity contribution in [1.82, 2.24) is 10.3 Å². The Morgan fingerprint density at radius 2 is 2.33 bits per heavy atom. The molecule has 18 heavy (non-hydrogen) atoms. The topological polar surface area (TPSA) is 42.0 Å². The first kappa shape index (κ1) is 13.5. The second kappa shape index (κ2) is 5.83. The molecule has 1 N–H and O–H groups in total. The van der Waals surface area contributed by atoms with Gasteiger partial charge in [-0.15, -0.1) is 11.3 Å². The van der Waals surface area contributed by atoms with Crippen molar-refractivity contribution in [2.45, 2.75) is 52.5 Å². The van der Waals surface area contributed by atoms with Crippen LogP contribution < -0.4 is 5.32 Å². The van der Waals surface area contributed by atoms with Crippen LogP contribution in [0.2, 0.25) is 0 Å². The zero-order valence-electron chi connectivity index (χ0n) is 11.4. The van der Waals surface area contributed by atoms with Gasteiger partial charge in [0.25, 0.3) is 0 Å². The second-order valence-electron chi connectivity index (χ2n) is 5.34. The van der Waals surface area contributed by atoms with Crippen LogP contribution in [-0.4, -0.2) is 10.9 Å². The number of aromatic nitrogens is 1. The highest BCUT2D eigenvalue weighted by molar-refractivity contribution is 7.09. The average molecular weight is 266 g/mol. The summed E-state index contributed by atoms with van der Waals surface area (Å²) in [6.07, 6.45) is 4.44. The van der Waals surface area contributed by atoms with Crippen molar-refractivity contribution in [2.75, 3.05) is 0 Å². The van der Waals surface area contributed by atoms with E-state index in [2.05, 4.69) is 22.6 Å². The number of thiazole rings is 1. The minimum Gasteiger partial charge on any atom is -0.346 e. The van der Waals surface area contributed by atoms with Crippen LogP contribution in [-0.2, 0) is 4.79 Å². The first-order valence-corrected chi connectivity index (χ1v) is 7.72. The maximum atomic E-state index is 12.1. The third-order valence-corrected chi connectivity index (χ3v) is 4.51. The molecule has 1 aromatic rings. The standard InChI is InChI=1S/C14H22N2OS/c1-4-5-9(2)13(17)16-12(11-6-7-11)14-15-10(3)8-18-14/h8-9,11-12H,4-7H2,1-3H3,(H,16,17)/t9-,12+/m1/s1. The summed E-state index contributed by atoms with van der Waals surface area (Å²) in [4.78, 5) is 16.7. The van der Waals surface area contributed by atoms with E-state index in [1.807, 2.05) is 13.8 Å². The van der Waals surface area contributed by atoms with Gasteiger partial charge >= 0.3 is 0 Å². The number of carbonyl (C=O) groups is 1. The van der Waals surface area contributed by atoms with Crippen molar-refractivity contribution in [1.29, 1.82) is 0 Å². The van der Waals surface area contributed by atoms with Crippen LogP contribution >= 0.6 is 11.3 Å². The van der Waals surface area contributed by atoms with E-state index in [4.69, 9.17) is 0 Å². The number of nitrogens with one attached hydrogen (secondary N) is 1. The predicted molar refractivity (Wildman–Crippen MR) is 74.5 cm³/mol. The van der Waals surface area contributed by atoms with Crippen LogP contribution in [0.4, 0.5) is 0 Å². The van der Waals surface area contributed by atoms with Crippen LogP contribution in [0.25, 0.3) is 0 Å². The lowest BCUT2D eigenvalue weighted by Gasteiger charge is -2.18. The van der Waals surface area contributed by atoms with E-state index in [-0.39, 0.29) is 17.9 Å². The van der Waals surface area contributed by atoms with Gasteiger partial charge in [-0.25, -0.2) is 4.98 Å².